The summed E-state index contributed by atoms with van der Waals surface area (Å²) in [6.07, 6.45) is 4.43. The summed E-state index contributed by atoms with van der Waals surface area (Å²) in [6.45, 7) is 0.464. The Bertz CT molecular complexity index is 323. The summed E-state index contributed by atoms with van der Waals surface area (Å²) in [5.41, 5.74) is 2.43. The molecule has 0 fully saturated rings. The van der Waals surface area contributed by atoms with E-state index in [2.05, 4.69) is 12.1 Å². The third kappa shape index (κ3) is 4.75. The van der Waals surface area contributed by atoms with Gasteiger partial charge in [0.05, 0.1) is 7.11 Å². The van der Waals surface area contributed by atoms with Crippen LogP contribution in [0.1, 0.15) is 30.4 Å². The number of aliphatic hydroxyl groups is 2. The lowest BCUT2D eigenvalue weighted by Crippen LogP contribution is -1.97. The van der Waals surface area contributed by atoms with Crippen LogP contribution in [-0.2, 0) is 12.8 Å². The molecule has 0 atom stereocenters. The fraction of sp³-hybridized carbons (Fsp3) is 0.571. The van der Waals surface area contributed by atoms with E-state index in [0.29, 0.717) is 0 Å². The monoisotopic (exact) mass is 238 g/mol. The first kappa shape index (κ1) is 14.0. The Hall–Kier alpha value is -1.06. The number of aliphatic hydroxyl groups excluding tert-OH is 2. The maximum Gasteiger partial charge on any atom is 0.122 e. The zero-order chi connectivity index (χ0) is 12.5. The Labute approximate surface area is 103 Å². The number of aryl methyl sites for hydroxylation is 2. The van der Waals surface area contributed by atoms with Crippen LogP contribution in [0.15, 0.2) is 18.2 Å². The first-order valence-corrected chi connectivity index (χ1v) is 6.19. The van der Waals surface area contributed by atoms with Crippen molar-refractivity contribution in [3.63, 3.8) is 0 Å². The Morgan fingerprint density at radius 1 is 1.00 bits per heavy atom. The molecule has 1 aromatic carbocycles. The van der Waals surface area contributed by atoms with Crippen LogP contribution in [0.3, 0.4) is 0 Å². The van der Waals surface area contributed by atoms with Crippen molar-refractivity contribution in [1.29, 1.82) is 0 Å². The van der Waals surface area contributed by atoms with E-state index in [-0.39, 0.29) is 13.2 Å². The Kier molecular flexibility index (Phi) is 6.67. The van der Waals surface area contributed by atoms with Crippen LogP contribution in [0.4, 0.5) is 0 Å². The molecule has 0 aliphatic heterocycles. The second kappa shape index (κ2) is 8.09. The first-order valence-electron chi connectivity index (χ1n) is 6.19. The summed E-state index contributed by atoms with van der Waals surface area (Å²) in [6, 6.07) is 6.20. The Balaban J connectivity index is 2.66. The van der Waals surface area contributed by atoms with Crippen molar-refractivity contribution < 1.29 is 14.9 Å². The summed E-state index contributed by atoms with van der Waals surface area (Å²) >= 11 is 0. The molecule has 1 rings (SSSR count). The van der Waals surface area contributed by atoms with Crippen LogP contribution in [0.2, 0.25) is 0 Å². The van der Waals surface area contributed by atoms with E-state index in [0.717, 1.165) is 43.4 Å². The van der Waals surface area contributed by atoms with Gasteiger partial charge in [0.1, 0.15) is 5.75 Å². The lowest BCUT2D eigenvalue weighted by molar-refractivity contribution is 0.284. The SMILES string of the molecule is COc1ccc(CCCCO)cc1CCCO. The van der Waals surface area contributed by atoms with Crippen LogP contribution in [0.25, 0.3) is 0 Å². The highest BCUT2D eigenvalue weighted by atomic mass is 16.5. The second-order valence-corrected chi connectivity index (χ2v) is 4.15. The number of methoxy groups -OCH3 is 1. The predicted molar refractivity (Wildman–Crippen MR) is 68.4 cm³/mol. The van der Waals surface area contributed by atoms with E-state index in [1.807, 2.05) is 6.07 Å². The maximum atomic E-state index is 8.87. The molecule has 0 saturated heterocycles. The molecular weight excluding hydrogens is 216 g/mol. The molecule has 1 aromatic rings. The van der Waals surface area contributed by atoms with Gasteiger partial charge in [0.15, 0.2) is 0 Å². The molecule has 3 nitrogen and oxygen atoms in total. The maximum absolute atomic E-state index is 8.87. The van der Waals surface area contributed by atoms with Gasteiger partial charge in [-0.3, -0.25) is 0 Å². The van der Waals surface area contributed by atoms with Gasteiger partial charge in [-0.25, -0.2) is 0 Å². The molecular formula is C14H22O3. The van der Waals surface area contributed by atoms with Crippen molar-refractivity contribution in [3.8, 4) is 5.75 Å². The van der Waals surface area contributed by atoms with Crippen molar-refractivity contribution in [3.05, 3.63) is 29.3 Å². The van der Waals surface area contributed by atoms with E-state index in [1.165, 1.54) is 5.56 Å². The van der Waals surface area contributed by atoms with Crippen molar-refractivity contribution in [2.45, 2.75) is 32.1 Å². The van der Waals surface area contributed by atoms with E-state index in [4.69, 9.17) is 14.9 Å². The molecule has 0 aliphatic rings. The van der Waals surface area contributed by atoms with Crippen LogP contribution in [-0.4, -0.2) is 30.5 Å². The number of benzene rings is 1. The average molecular weight is 238 g/mol. The topological polar surface area (TPSA) is 49.7 Å². The van der Waals surface area contributed by atoms with Crippen LogP contribution < -0.4 is 4.74 Å². The third-order valence-electron chi connectivity index (χ3n) is 2.82. The quantitative estimate of drug-likeness (QED) is 0.680. The molecule has 0 amide bonds. The number of hydrogen-bond acceptors (Lipinski definition) is 3. The predicted octanol–water partition coefficient (Wildman–Crippen LogP) is 1.94. The second-order valence-electron chi connectivity index (χ2n) is 4.15. The standard InChI is InChI=1S/C14H22O3/c1-17-14-8-7-12(5-2-3-9-15)11-13(14)6-4-10-16/h7-8,11,15-16H,2-6,9-10H2,1H3. The van der Waals surface area contributed by atoms with Crippen molar-refractivity contribution >= 4 is 0 Å². The van der Waals surface area contributed by atoms with Gasteiger partial charge < -0.3 is 14.9 Å². The molecule has 0 bridgehead atoms. The fourth-order valence-electron chi connectivity index (χ4n) is 1.89. The van der Waals surface area contributed by atoms with Gasteiger partial charge in [-0.1, -0.05) is 12.1 Å². The minimum absolute atomic E-state index is 0.206. The summed E-state index contributed by atoms with van der Waals surface area (Å²) in [7, 11) is 1.67. The van der Waals surface area contributed by atoms with Gasteiger partial charge in [-0.15, -0.1) is 0 Å². The van der Waals surface area contributed by atoms with Crippen LogP contribution >= 0.6 is 0 Å². The minimum Gasteiger partial charge on any atom is -0.496 e. The molecule has 2 N–H and O–H groups in total. The van der Waals surface area contributed by atoms with Crippen LogP contribution in [0, 0.1) is 0 Å². The number of ether oxygens (including phenoxy) is 1. The molecule has 3 heteroatoms. The van der Waals surface area contributed by atoms with E-state index in [1.54, 1.807) is 7.11 Å². The molecule has 17 heavy (non-hydrogen) atoms. The average Bonchev–Trinajstić information content (AvgIpc) is 2.37. The van der Waals surface area contributed by atoms with E-state index >= 15 is 0 Å². The molecule has 0 spiro atoms. The van der Waals surface area contributed by atoms with Gasteiger partial charge in [0, 0.05) is 13.2 Å². The molecule has 0 saturated carbocycles. The highest BCUT2D eigenvalue weighted by molar-refractivity contribution is 5.37. The number of unbranched alkanes of at least 4 members (excludes halogenated alkanes) is 1. The summed E-state index contributed by atoms with van der Waals surface area (Å²) in [5, 5.41) is 17.6. The molecule has 0 heterocycles. The zero-order valence-electron chi connectivity index (χ0n) is 10.5. The van der Waals surface area contributed by atoms with Gasteiger partial charge in [-0.2, -0.15) is 0 Å². The Morgan fingerprint density at radius 2 is 1.76 bits per heavy atom. The van der Waals surface area contributed by atoms with Gasteiger partial charge in [0.25, 0.3) is 0 Å². The normalized spacial score (nSPS) is 10.5. The molecule has 96 valence electrons. The van der Waals surface area contributed by atoms with Crippen LogP contribution in [0.5, 0.6) is 5.75 Å². The molecule has 0 radical (unpaired) electrons. The zero-order valence-corrected chi connectivity index (χ0v) is 10.5. The summed E-state index contributed by atoms with van der Waals surface area (Å²) in [5.74, 6) is 0.893. The largest absolute Gasteiger partial charge is 0.496 e. The van der Waals surface area contributed by atoms with Crippen molar-refractivity contribution in [2.75, 3.05) is 20.3 Å². The van der Waals surface area contributed by atoms with Crippen molar-refractivity contribution in [1.82, 2.24) is 0 Å². The summed E-state index contributed by atoms with van der Waals surface area (Å²) < 4.78 is 5.30. The minimum atomic E-state index is 0.206. The molecule has 0 aliphatic carbocycles. The summed E-state index contributed by atoms with van der Waals surface area (Å²) in [4.78, 5) is 0. The smallest absolute Gasteiger partial charge is 0.122 e. The Morgan fingerprint density at radius 3 is 2.41 bits per heavy atom. The highest BCUT2D eigenvalue weighted by Crippen LogP contribution is 2.22. The molecule has 0 unspecified atom stereocenters. The molecule has 0 aromatic heterocycles. The lowest BCUT2D eigenvalue weighted by atomic mass is 10.0. The first-order chi connectivity index (χ1) is 8.31. The van der Waals surface area contributed by atoms with Gasteiger partial charge in [-0.05, 0) is 49.3 Å². The van der Waals surface area contributed by atoms with Gasteiger partial charge in [0.2, 0.25) is 0 Å². The lowest BCUT2D eigenvalue weighted by Gasteiger charge is -2.10. The van der Waals surface area contributed by atoms with E-state index < -0.39 is 0 Å². The van der Waals surface area contributed by atoms with Crippen molar-refractivity contribution in [2.24, 2.45) is 0 Å². The van der Waals surface area contributed by atoms with Gasteiger partial charge >= 0.3 is 0 Å². The van der Waals surface area contributed by atoms with E-state index in [9.17, 15) is 0 Å². The number of rotatable bonds is 8. The highest BCUT2D eigenvalue weighted by Gasteiger charge is 2.04. The number of hydrogen-bond donors (Lipinski definition) is 2. The third-order valence-corrected chi connectivity index (χ3v) is 2.82. The fourth-order valence-corrected chi connectivity index (χ4v) is 1.89.